The predicted molar refractivity (Wildman–Crippen MR) is 46.5 cm³/mol. The zero-order valence-corrected chi connectivity index (χ0v) is 7.64. The van der Waals surface area contributed by atoms with Crippen LogP contribution in [0.15, 0.2) is 0 Å². The van der Waals surface area contributed by atoms with Gasteiger partial charge in [-0.05, 0) is 12.8 Å². The van der Waals surface area contributed by atoms with Crippen LogP contribution in [0.5, 0.6) is 0 Å². The number of nitrogens with two attached hydrogens (primary N) is 1. The van der Waals surface area contributed by atoms with E-state index in [4.69, 9.17) is 15.9 Å². The quantitative estimate of drug-likeness (QED) is 0.576. The number of hydrogen-bond donors (Lipinski definition) is 3. The van der Waals surface area contributed by atoms with Crippen molar-refractivity contribution in [1.82, 2.24) is 0 Å². The van der Waals surface area contributed by atoms with Crippen molar-refractivity contribution in [3.63, 3.8) is 0 Å². The molecule has 2 aliphatic rings. The maximum Gasteiger partial charge on any atom is 0.309 e. The van der Waals surface area contributed by atoms with Gasteiger partial charge in [0.2, 0.25) is 0 Å². The molecule has 14 heavy (non-hydrogen) atoms. The highest BCUT2D eigenvalue weighted by Gasteiger charge is 2.68. The molecule has 0 amide bonds. The van der Waals surface area contributed by atoms with Gasteiger partial charge in [-0.3, -0.25) is 9.59 Å². The summed E-state index contributed by atoms with van der Waals surface area (Å²) in [6, 6.07) is -0.477. The van der Waals surface area contributed by atoms with E-state index >= 15 is 0 Å². The molecule has 2 rings (SSSR count). The molecule has 0 bridgehead atoms. The van der Waals surface area contributed by atoms with E-state index in [1.165, 1.54) is 0 Å². The number of carbonyl (C=O) groups is 2. The molecule has 5 heteroatoms. The minimum atomic E-state index is -1.08. The Bertz CT molecular complexity index is 297. The van der Waals surface area contributed by atoms with Crippen LogP contribution >= 0.6 is 0 Å². The molecule has 0 aromatic rings. The van der Waals surface area contributed by atoms with E-state index in [0.717, 1.165) is 19.3 Å². The molecule has 2 aliphatic carbocycles. The lowest BCUT2D eigenvalue weighted by Crippen LogP contribution is -2.71. The Balaban J connectivity index is 2.23. The van der Waals surface area contributed by atoms with Gasteiger partial charge in [0.25, 0.3) is 0 Å². The normalized spacial score (nSPS) is 38.5. The van der Waals surface area contributed by atoms with Crippen molar-refractivity contribution in [3.8, 4) is 0 Å². The van der Waals surface area contributed by atoms with E-state index in [1.54, 1.807) is 0 Å². The summed E-state index contributed by atoms with van der Waals surface area (Å²) < 4.78 is 0. The maximum absolute atomic E-state index is 10.9. The van der Waals surface area contributed by atoms with Gasteiger partial charge in [-0.15, -0.1) is 0 Å². The lowest BCUT2D eigenvalue weighted by atomic mass is 9.42. The zero-order chi connectivity index (χ0) is 10.5. The molecule has 5 nitrogen and oxygen atoms in total. The molecular weight excluding hydrogens is 186 g/mol. The number of carboxylic acid groups (broad SMARTS) is 2. The third-order valence-electron chi connectivity index (χ3n) is 3.86. The summed E-state index contributed by atoms with van der Waals surface area (Å²) in [5.41, 5.74) is 5.34. The van der Waals surface area contributed by atoms with Crippen molar-refractivity contribution in [3.05, 3.63) is 0 Å². The Morgan fingerprint density at radius 3 is 2.07 bits per heavy atom. The topological polar surface area (TPSA) is 101 Å². The predicted octanol–water partition coefficient (Wildman–Crippen LogP) is -0.101. The van der Waals surface area contributed by atoms with Gasteiger partial charge in [-0.25, -0.2) is 0 Å². The Labute approximate surface area is 80.9 Å². The standard InChI is InChI=1S/C9H13NO4/c10-6-4(7(11)12)5(8(13)14)9(6)2-1-3-9/h4-6H,1-3,10H2,(H,11,12)(H,13,14). The summed E-state index contributed by atoms with van der Waals surface area (Å²) >= 11 is 0. The minimum absolute atomic E-state index is 0.408. The van der Waals surface area contributed by atoms with E-state index in [2.05, 4.69) is 0 Å². The Kier molecular flexibility index (Phi) is 1.82. The van der Waals surface area contributed by atoms with Crippen LogP contribution in [0.2, 0.25) is 0 Å². The summed E-state index contributed by atoms with van der Waals surface area (Å²) in [5.74, 6) is -3.77. The van der Waals surface area contributed by atoms with E-state index in [1.807, 2.05) is 0 Å². The van der Waals surface area contributed by atoms with Crippen LogP contribution in [0.25, 0.3) is 0 Å². The van der Waals surface area contributed by atoms with Gasteiger partial charge in [0.1, 0.15) is 0 Å². The van der Waals surface area contributed by atoms with Crippen LogP contribution in [0.4, 0.5) is 0 Å². The van der Waals surface area contributed by atoms with E-state index in [0.29, 0.717) is 0 Å². The molecular formula is C9H13NO4. The van der Waals surface area contributed by atoms with Crippen molar-refractivity contribution < 1.29 is 19.8 Å². The molecule has 0 aliphatic heterocycles. The molecule has 2 fully saturated rings. The van der Waals surface area contributed by atoms with Crippen LogP contribution in [0.1, 0.15) is 19.3 Å². The first-order valence-electron chi connectivity index (χ1n) is 4.72. The Morgan fingerprint density at radius 1 is 1.21 bits per heavy atom. The van der Waals surface area contributed by atoms with E-state index < -0.39 is 35.2 Å². The molecule has 78 valence electrons. The average molecular weight is 199 g/mol. The molecule has 0 heterocycles. The van der Waals surface area contributed by atoms with Crippen molar-refractivity contribution >= 4 is 11.9 Å². The minimum Gasteiger partial charge on any atom is -0.481 e. The summed E-state index contributed by atoms with van der Waals surface area (Å²) in [4.78, 5) is 21.7. The first-order valence-corrected chi connectivity index (χ1v) is 4.72. The van der Waals surface area contributed by atoms with Gasteiger partial charge in [-0.2, -0.15) is 0 Å². The summed E-state index contributed by atoms with van der Waals surface area (Å²) in [7, 11) is 0. The summed E-state index contributed by atoms with van der Waals surface area (Å²) in [5, 5.41) is 17.8. The number of rotatable bonds is 2. The van der Waals surface area contributed by atoms with Gasteiger partial charge in [-0.1, -0.05) is 6.42 Å². The van der Waals surface area contributed by atoms with Gasteiger partial charge in [0.05, 0.1) is 11.8 Å². The van der Waals surface area contributed by atoms with Gasteiger partial charge < -0.3 is 15.9 Å². The Morgan fingerprint density at radius 2 is 1.79 bits per heavy atom. The molecule has 0 saturated heterocycles. The van der Waals surface area contributed by atoms with Crippen LogP contribution in [-0.4, -0.2) is 28.2 Å². The lowest BCUT2D eigenvalue weighted by Gasteiger charge is -2.61. The highest BCUT2D eigenvalue weighted by molar-refractivity contribution is 5.84. The molecule has 0 aromatic carbocycles. The van der Waals surface area contributed by atoms with Crippen LogP contribution in [0.3, 0.4) is 0 Å². The molecule has 1 spiro atoms. The molecule has 2 saturated carbocycles. The maximum atomic E-state index is 10.9. The Hall–Kier alpha value is -1.10. The first kappa shape index (κ1) is 9.45. The molecule has 0 aromatic heterocycles. The third kappa shape index (κ3) is 0.877. The third-order valence-corrected chi connectivity index (χ3v) is 3.86. The second kappa shape index (κ2) is 2.70. The highest BCUT2D eigenvalue weighted by atomic mass is 16.4. The number of aliphatic carboxylic acids is 2. The second-order valence-electron chi connectivity index (χ2n) is 4.29. The number of hydrogen-bond acceptors (Lipinski definition) is 3. The zero-order valence-electron chi connectivity index (χ0n) is 7.64. The van der Waals surface area contributed by atoms with Crippen molar-refractivity contribution in [2.75, 3.05) is 0 Å². The average Bonchev–Trinajstić information content (AvgIpc) is 1.95. The van der Waals surface area contributed by atoms with Crippen molar-refractivity contribution in [2.45, 2.75) is 25.3 Å². The molecule has 3 atom stereocenters. The van der Waals surface area contributed by atoms with Crippen LogP contribution in [-0.2, 0) is 9.59 Å². The van der Waals surface area contributed by atoms with E-state index in [9.17, 15) is 9.59 Å². The van der Waals surface area contributed by atoms with Gasteiger partial charge in [0.15, 0.2) is 0 Å². The lowest BCUT2D eigenvalue weighted by molar-refractivity contribution is -0.193. The van der Waals surface area contributed by atoms with E-state index in [-0.39, 0.29) is 0 Å². The van der Waals surface area contributed by atoms with Crippen LogP contribution < -0.4 is 5.73 Å². The fourth-order valence-electron chi connectivity index (χ4n) is 2.94. The van der Waals surface area contributed by atoms with Crippen LogP contribution in [0, 0.1) is 17.3 Å². The summed E-state index contributed by atoms with van der Waals surface area (Å²) in [6.45, 7) is 0. The highest BCUT2D eigenvalue weighted by Crippen LogP contribution is 2.61. The van der Waals surface area contributed by atoms with Gasteiger partial charge >= 0.3 is 11.9 Å². The second-order valence-corrected chi connectivity index (χ2v) is 4.29. The smallest absolute Gasteiger partial charge is 0.309 e. The molecule has 3 unspecified atom stereocenters. The largest absolute Gasteiger partial charge is 0.481 e. The fraction of sp³-hybridized carbons (Fsp3) is 0.778. The SMILES string of the molecule is NC1C(C(=O)O)C(C(=O)O)C12CCC2. The van der Waals surface area contributed by atoms with Crippen molar-refractivity contribution in [2.24, 2.45) is 23.0 Å². The fourth-order valence-corrected chi connectivity index (χ4v) is 2.94. The molecule has 4 N–H and O–H groups in total. The number of carboxylic acids is 2. The molecule has 0 radical (unpaired) electrons. The van der Waals surface area contributed by atoms with Crippen molar-refractivity contribution in [1.29, 1.82) is 0 Å². The van der Waals surface area contributed by atoms with Gasteiger partial charge in [0, 0.05) is 11.5 Å². The first-order chi connectivity index (χ1) is 6.50. The monoisotopic (exact) mass is 199 g/mol. The summed E-state index contributed by atoms with van der Waals surface area (Å²) in [6.07, 6.45) is 2.48.